The van der Waals surface area contributed by atoms with E-state index in [4.69, 9.17) is 19.2 Å². The van der Waals surface area contributed by atoms with Gasteiger partial charge in [0.15, 0.2) is 5.96 Å². The number of guanidine groups is 1. The van der Waals surface area contributed by atoms with E-state index in [9.17, 15) is 0 Å². The summed E-state index contributed by atoms with van der Waals surface area (Å²) in [7, 11) is 1.69. The van der Waals surface area contributed by atoms with Gasteiger partial charge in [-0.1, -0.05) is 12.1 Å². The normalized spacial score (nSPS) is 16.3. The second-order valence-electron chi connectivity index (χ2n) is 6.44. The molecule has 0 spiro atoms. The van der Waals surface area contributed by atoms with Crippen molar-refractivity contribution in [2.45, 2.75) is 32.1 Å². The zero-order chi connectivity index (χ0) is 18.7. The summed E-state index contributed by atoms with van der Waals surface area (Å²) in [6.45, 7) is 9.35. The molecule has 7 heteroatoms. The van der Waals surface area contributed by atoms with Crippen molar-refractivity contribution in [2.75, 3.05) is 53.2 Å². The molecule has 0 unspecified atom stereocenters. The van der Waals surface area contributed by atoms with Crippen LogP contribution in [0.25, 0.3) is 0 Å². The van der Waals surface area contributed by atoms with Crippen molar-refractivity contribution in [2.24, 2.45) is 4.99 Å². The first-order chi connectivity index (χ1) is 12.7. The van der Waals surface area contributed by atoms with Crippen LogP contribution >= 0.6 is 24.0 Å². The maximum Gasteiger partial charge on any atom is 0.191 e. The van der Waals surface area contributed by atoms with Gasteiger partial charge in [0.1, 0.15) is 5.75 Å². The van der Waals surface area contributed by atoms with E-state index in [0.29, 0.717) is 6.61 Å². The van der Waals surface area contributed by atoms with E-state index in [1.807, 2.05) is 19.1 Å². The van der Waals surface area contributed by atoms with Gasteiger partial charge >= 0.3 is 0 Å². The number of hydrogen-bond donors (Lipinski definition) is 2. The van der Waals surface area contributed by atoms with E-state index in [-0.39, 0.29) is 29.4 Å². The van der Waals surface area contributed by atoms with Gasteiger partial charge in [-0.15, -0.1) is 24.0 Å². The Morgan fingerprint density at radius 1 is 1.15 bits per heavy atom. The summed E-state index contributed by atoms with van der Waals surface area (Å²) in [6, 6.07) is 8.38. The zero-order valence-corrected chi connectivity index (χ0v) is 19.1. The minimum absolute atomic E-state index is 0. The van der Waals surface area contributed by atoms with Gasteiger partial charge in [0.05, 0.1) is 20.3 Å². The highest BCUT2D eigenvalue weighted by atomic mass is 127. The number of ether oxygens (including phenoxy) is 3. The molecule has 0 saturated carbocycles. The lowest BCUT2D eigenvalue weighted by Crippen LogP contribution is -2.42. The van der Waals surface area contributed by atoms with Gasteiger partial charge < -0.3 is 24.8 Å². The number of methoxy groups -OCH3 is 1. The Bertz CT molecular complexity index is 546. The van der Waals surface area contributed by atoms with E-state index in [1.165, 1.54) is 5.56 Å². The third kappa shape index (κ3) is 7.46. The molecule has 6 nitrogen and oxygen atoms in total. The molecule has 27 heavy (non-hydrogen) atoms. The summed E-state index contributed by atoms with van der Waals surface area (Å²) in [5, 5.41) is 6.66. The quantitative estimate of drug-likeness (QED) is 0.241. The molecule has 0 bridgehead atoms. The zero-order valence-electron chi connectivity index (χ0n) is 16.8. The lowest BCUT2D eigenvalue weighted by molar-refractivity contribution is 0.0531. The Morgan fingerprint density at radius 2 is 1.85 bits per heavy atom. The third-order valence-corrected chi connectivity index (χ3v) is 4.78. The number of halogens is 1. The van der Waals surface area contributed by atoms with Crippen molar-refractivity contribution in [1.82, 2.24) is 10.6 Å². The molecule has 1 fully saturated rings. The van der Waals surface area contributed by atoms with Crippen LogP contribution in [0.2, 0.25) is 0 Å². The van der Waals surface area contributed by atoms with Gasteiger partial charge in [-0.25, -0.2) is 0 Å². The molecule has 0 aromatic heterocycles. The van der Waals surface area contributed by atoms with Gasteiger partial charge in [-0.05, 0) is 44.4 Å². The third-order valence-electron chi connectivity index (χ3n) is 4.78. The van der Waals surface area contributed by atoms with Gasteiger partial charge in [0.25, 0.3) is 0 Å². The second kappa shape index (κ2) is 13.2. The Balaban J connectivity index is 0.00000364. The van der Waals surface area contributed by atoms with Crippen molar-refractivity contribution in [3.63, 3.8) is 0 Å². The molecule has 1 saturated heterocycles. The first kappa shape index (κ1) is 24.0. The smallest absolute Gasteiger partial charge is 0.191 e. The van der Waals surface area contributed by atoms with Crippen LogP contribution < -0.4 is 15.4 Å². The van der Waals surface area contributed by atoms with Crippen LogP contribution in [0.4, 0.5) is 0 Å². The molecule has 0 atom stereocenters. The number of nitrogens with one attached hydrogen (secondary N) is 2. The standard InChI is InChI=1S/C20H33N3O3.HI/c1-4-21-19(22-12-15-25-5-2)23-16-20(10-13-26-14-11-20)17-6-8-18(24-3)9-7-17;/h6-9H,4-5,10-16H2,1-3H3,(H2,21,22,23);1H. The van der Waals surface area contributed by atoms with Crippen molar-refractivity contribution in [3.05, 3.63) is 29.8 Å². The summed E-state index contributed by atoms with van der Waals surface area (Å²) in [6.07, 6.45) is 1.95. The van der Waals surface area contributed by atoms with Crippen LogP contribution in [0.1, 0.15) is 32.3 Å². The Morgan fingerprint density at radius 3 is 2.44 bits per heavy atom. The number of hydrogen-bond acceptors (Lipinski definition) is 4. The fraction of sp³-hybridized carbons (Fsp3) is 0.650. The highest BCUT2D eigenvalue weighted by molar-refractivity contribution is 14.0. The molecule has 2 rings (SSSR count). The van der Waals surface area contributed by atoms with Gasteiger partial charge in [-0.3, -0.25) is 4.99 Å². The summed E-state index contributed by atoms with van der Waals surface area (Å²) in [5.74, 6) is 1.72. The summed E-state index contributed by atoms with van der Waals surface area (Å²) in [5.41, 5.74) is 1.31. The minimum atomic E-state index is 0. The molecule has 0 radical (unpaired) electrons. The Kier molecular flexibility index (Phi) is 11.7. The molecule has 1 aromatic carbocycles. The summed E-state index contributed by atoms with van der Waals surface area (Å²) in [4.78, 5) is 4.88. The molecule has 0 aliphatic carbocycles. The van der Waals surface area contributed by atoms with Crippen molar-refractivity contribution >= 4 is 29.9 Å². The predicted octanol–water partition coefficient (Wildman–Crippen LogP) is 2.95. The Labute approximate surface area is 180 Å². The molecule has 154 valence electrons. The van der Waals surface area contributed by atoms with Crippen molar-refractivity contribution in [3.8, 4) is 5.75 Å². The number of aliphatic imine (C=N–C) groups is 1. The summed E-state index contributed by atoms with van der Waals surface area (Å²) >= 11 is 0. The molecule has 1 heterocycles. The average molecular weight is 491 g/mol. The first-order valence-electron chi connectivity index (χ1n) is 9.56. The van der Waals surface area contributed by atoms with Crippen LogP contribution in [-0.2, 0) is 14.9 Å². The van der Waals surface area contributed by atoms with Crippen LogP contribution in [0, 0.1) is 0 Å². The number of benzene rings is 1. The first-order valence-corrected chi connectivity index (χ1v) is 9.56. The van der Waals surface area contributed by atoms with E-state index in [2.05, 4.69) is 29.7 Å². The fourth-order valence-electron chi connectivity index (χ4n) is 3.20. The van der Waals surface area contributed by atoms with Crippen LogP contribution in [-0.4, -0.2) is 59.1 Å². The largest absolute Gasteiger partial charge is 0.497 e. The average Bonchev–Trinajstić information content (AvgIpc) is 2.70. The molecule has 2 N–H and O–H groups in total. The number of rotatable bonds is 9. The molecule has 1 aliphatic heterocycles. The van der Waals surface area contributed by atoms with E-state index >= 15 is 0 Å². The molecule has 0 amide bonds. The lowest BCUT2D eigenvalue weighted by atomic mass is 9.74. The monoisotopic (exact) mass is 491 g/mol. The lowest BCUT2D eigenvalue weighted by Gasteiger charge is -2.36. The van der Waals surface area contributed by atoms with Crippen molar-refractivity contribution in [1.29, 1.82) is 0 Å². The highest BCUT2D eigenvalue weighted by Gasteiger charge is 2.34. The maximum absolute atomic E-state index is 5.62. The molecular formula is C20H34IN3O3. The van der Waals surface area contributed by atoms with E-state index in [0.717, 1.165) is 64.0 Å². The van der Waals surface area contributed by atoms with Crippen LogP contribution in [0.3, 0.4) is 0 Å². The number of nitrogens with zero attached hydrogens (tertiary/aromatic N) is 1. The Hall–Kier alpha value is -1.06. The van der Waals surface area contributed by atoms with Gasteiger partial charge in [-0.2, -0.15) is 0 Å². The summed E-state index contributed by atoms with van der Waals surface area (Å²) < 4.78 is 16.3. The topological polar surface area (TPSA) is 64.1 Å². The maximum atomic E-state index is 5.62. The van der Waals surface area contributed by atoms with E-state index < -0.39 is 0 Å². The van der Waals surface area contributed by atoms with E-state index in [1.54, 1.807) is 7.11 Å². The van der Waals surface area contributed by atoms with Crippen LogP contribution in [0.5, 0.6) is 5.75 Å². The van der Waals surface area contributed by atoms with Gasteiger partial charge in [0.2, 0.25) is 0 Å². The van der Waals surface area contributed by atoms with Crippen LogP contribution in [0.15, 0.2) is 29.3 Å². The molecular weight excluding hydrogens is 457 g/mol. The highest BCUT2D eigenvalue weighted by Crippen LogP contribution is 2.36. The predicted molar refractivity (Wildman–Crippen MR) is 121 cm³/mol. The molecule has 1 aliphatic rings. The fourth-order valence-corrected chi connectivity index (χ4v) is 3.20. The minimum Gasteiger partial charge on any atom is -0.497 e. The SMILES string of the molecule is CCNC(=NCC1(c2ccc(OC)cc2)CCOCC1)NCCOCC.I. The second-order valence-corrected chi connectivity index (χ2v) is 6.44. The molecule has 1 aromatic rings. The van der Waals surface area contributed by atoms with Gasteiger partial charge in [0, 0.05) is 38.3 Å². The van der Waals surface area contributed by atoms with Crippen molar-refractivity contribution < 1.29 is 14.2 Å².